The highest BCUT2D eigenvalue weighted by Gasteiger charge is 2.32. The first-order valence-corrected chi connectivity index (χ1v) is 9.28. The maximum Gasteiger partial charge on any atom is 0.422 e. The number of rotatable bonds is 7. The van der Waals surface area contributed by atoms with Crippen molar-refractivity contribution < 1.29 is 27.5 Å². The van der Waals surface area contributed by atoms with E-state index in [-0.39, 0.29) is 24.9 Å². The molecule has 0 bridgehead atoms. The Balaban J connectivity index is 1.62. The van der Waals surface area contributed by atoms with E-state index in [9.17, 15) is 22.8 Å². The van der Waals surface area contributed by atoms with E-state index in [1.807, 2.05) is 37.4 Å². The van der Waals surface area contributed by atoms with E-state index in [0.717, 1.165) is 18.7 Å². The number of hydrogen-bond donors (Lipinski definition) is 1. The van der Waals surface area contributed by atoms with Gasteiger partial charge < -0.3 is 19.9 Å². The molecule has 0 spiro atoms. The van der Waals surface area contributed by atoms with Crippen molar-refractivity contribution in [1.82, 2.24) is 10.2 Å². The molecular weight excluding hydrogens is 375 g/mol. The molecule has 1 heterocycles. The molecule has 0 saturated carbocycles. The van der Waals surface area contributed by atoms with Crippen molar-refractivity contribution in [2.24, 2.45) is 5.92 Å². The van der Waals surface area contributed by atoms with Crippen LogP contribution in [0.2, 0.25) is 0 Å². The lowest BCUT2D eigenvalue weighted by atomic mass is 9.96. The summed E-state index contributed by atoms with van der Waals surface area (Å²) in [6.45, 7) is 0.179. The van der Waals surface area contributed by atoms with E-state index in [1.165, 1.54) is 4.90 Å². The zero-order valence-corrected chi connectivity index (χ0v) is 15.9. The predicted molar refractivity (Wildman–Crippen MR) is 99.0 cm³/mol. The lowest BCUT2D eigenvalue weighted by molar-refractivity contribution is -0.162. The Hall–Kier alpha value is -2.45. The number of nitrogens with one attached hydrogen (secondary N) is 1. The predicted octanol–water partition coefficient (Wildman–Crippen LogP) is 3.04. The number of nitrogens with zero attached hydrogens (tertiary/aromatic N) is 2. The third kappa shape index (κ3) is 7.28. The van der Waals surface area contributed by atoms with Crippen molar-refractivity contribution >= 4 is 17.7 Å². The van der Waals surface area contributed by atoms with E-state index in [2.05, 4.69) is 15.0 Å². The Morgan fingerprint density at radius 2 is 1.86 bits per heavy atom. The number of hydrogen-bond acceptors (Lipinski definition) is 4. The van der Waals surface area contributed by atoms with Crippen LogP contribution in [-0.4, -0.2) is 62.9 Å². The Kier molecular flexibility index (Phi) is 7.95. The van der Waals surface area contributed by atoms with Gasteiger partial charge in [-0.15, -0.1) is 0 Å². The second-order valence-corrected chi connectivity index (χ2v) is 6.83. The van der Waals surface area contributed by atoms with Crippen LogP contribution in [0.3, 0.4) is 0 Å². The monoisotopic (exact) mass is 401 g/mol. The summed E-state index contributed by atoms with van der Waals surface area (Å²) in [5.74, 6) is -0.316. The molecule has 9 heteroatoms. The molecule has 1 saturated heterocycles. The summed E-state index contributed by atoms with van der Waals surface area (Å²) < 4.78 is 40.5. The number of alkyl halides is 3. The third-order valence-corrected chi connectivity index (χ3v) is 4.65. The molecule has 28 heavy (non-hydrogen) atoms. The van der Waals surface area contributed by atoms with Crippen molar-refractivity contribution in [3.63, 3.8) is 0 Å². The summed E-state index contributed by atoms with van der Waals surface area (Å²) in [7, 11) is 1.99. The summed E-state index contributed by atoms with van der Waals surface area (Å²) in [5, 5.41) is 2.90. The number of piperidine rings is 1. The lowest BCUT2D eigenvalue weighted by Gasteiger charge is -2.30. The first-order valence-electron chi connectivity index (χ1n) is 9.28. The quantitative estimate of drug-likeness (QED) is 0.714. The number of amides is 2. The van der Waals surface area contributed by atoms with E-state index >= 15 is 0 Å². The van der Waals surface area contributed by atoms with Gasteiger partial charge in [0.15, 0.2) is 6.61 Å². The SMILES string of the molecule is CN(CCCNC(=O)C1CCN(C(=O)OCC(F)(F)F)CC1)c1ccccc1. The molecule has 1 aromatic carbocycles. The van der Waals surface area contributed by atoms with Crippen molar-refractivity contribution in [3.8, 4) is 0 Å². The van der Waals surface area contributed by atoms with E-state index in [0.29, 0.717) is 19.4 Å². The average molecular weight is 401 g/mol. The minimum absolute atomic E-state index is 0.0781. The van der Waals surface area contributed by atoms with Crippen LogP contribution in [0.25, 0.3) is 0 Å². The van der Waals surface area contributed by atoms with Crippen molar-refractivity contribution in [2.45, 2.75) is 25.4 Å². The molecule has 0 aliphatic carbocycles. The van der Waals surface area contributed by atoms with Gasteiger partial charge in [-0.2, -0.15) is 13.2 Å². The fourth-order valence-electron chi connectivity index (χ4n) is 3.04. The molecule has 1 N–H and O–H groups in total. The fourth-order valence-corrected chi connectivity index (χ4v) is 3.04. The van der Waals surface area contributed by atoms with Crippen molar-refractivity contribution in [3.05, 3.63) is 30.3 Å². The smallest absolute Gasteiger partial charge is 0.422 e. The first-order chi connectivity index (χ1) is 13.3. The van der Waals surface area contributed by atoms with E-state index in [1.54, 1.807) is 0 Å². The van der Waals surface area contributed by atoms with Gasteiger partial charge >= 0.3 is 12.3 Å². The van der Waals surface area contributed by atoms with E-state index < -0.39 is 18.9 Å². The number of carbonyl (C=O) groups excluding carboxylic acids is 2. The van der Waals surface area contributed by atoms with Gasteiger partial charge in [0.25, 0.3) is 0 Å². The molecule has 0 aromatic heterocycles. The van der Waals surface area contributed by atoms with Crippen LogP contribution in [0.1, 0.15) is 19.3 Å². The Morgan fingerprint density at radius 1 is 1.21 bits per heavy atom. The number of benzene rings is 1. The number of anilines is 1. The summed E-state index contributed by atoms with van der Waals surface area (Å²) >= 11 is 0. The molecule has 0 unspecified atom stereocenters. The van der Waals surface area contributed by atoms with Gasteiger partial charge in [-0.05, 0) is 31.4 Å². The normalized spacial score (nSPS) is 15.2. The minimum Gasteiger partial charge on any atom is -0.440 e. The summed E-state index contributed by atoms with van der Waals surface area (Å²) in [6, 6.07) is 9.94. The topological polar surface area (TPSA) is 61.9 Å². The van der Waals surface area contributed by atoms with Gasteiger partial charge in [-0.3, -0.25) is 4.79 Å². The molecule has 1 aliphatic rings. The van der Waals surface area contributed by atoms with E-state index in [4.69, 9.17) is 0 Å². The van der Waals surface area contributed by atoms with Crippen LogP contribution >= 0.6 is 0 Å². The number of para-hydroxylation sites is 1. The molecule has 0 atom stereocenters. The fraction of sp³-hybridized carbons (Fsp3) is 0.579. The minimum atomic E-state index is -4.54. The molecule has 0 radical (unpaired) electrons. The molecule has 6 nitrogen and oxygen atoms in total. The van der Waals surface area contributed by atoms with Crippen LogP contribution in [0, 0.1) is 5.92 Å². The summed E-state index contributed by atoms with van der Waals surface area (Å²) in [4.78, 5) is 27.2. The third-order valence-electron chi connectivity index (χ3n) is 4.65. The Morgan fingerprint density at radius 3 is 2.46 bits per heavy atom. The average Bonchev–Trinajstić information content (AvgIpc) is 2.69. The summed E-state index contributed by atoms with van der Waals surface area (Å²) in [5.41, 5.74) is 1.11. The maximum atomic E-state index is 12.2. The number of ether oxygens (including phenoxy) is 1. The van der Waals surface area contributed by atoms with Gasteiger partial charge in [-0.1, -0.05) is 18.2 Å². The van der Waals surface area contributed by atoms with Gasteiger partial charge in [0.1, 0.15) is 0 Å². The second-order valence-electron chi connectivity index (χ2n) is 6.83. The Bertz CT molecular complexity index is 632. The number of carbonyl (C=O) groups is 2. The second kappa shape index (κ2) is 10.2. The zero-order valence-electron chi connectivity index (χ0n) is 15.9. The first kappa shape index (κ1) is 21.8. The molecule has 1 aliphatic heterocycles. The molecule has 2 rings (SSSR count). The van der Waals surface area contributed by atoms with Gasteiger partial charge in [0, 0.05) is 44.8 Å². The summed E-state index contributed by atoms with van der Waals surface area (Å²) in [6.07, 6.45) is -3.91. The van der Waals surface area contributed by atoms with Gasteiger partial charge in [0.05, 0.1) is 0 Å². The van der Waals surface area contributed by atoms with Crippen molar-refractivity contribution in [1.29, 1.82) is 0 Å². The lowest BCUT2D eigenvalue weighted by Crippen LogP contribution is -2.44. The molecule has 1 fully saturated rings. The molecule has 1 aromatic rings. The standard InChI is InChI=1S/C19H26F3N3O3/c1-24(16-6-3-2-4-7-16)11-5-10-23-17(26)15-8-12-25(13-9-15)18(27)28-14-19(20,21)22/h2-4,6-7,15H,5,8-14H2,1H3,(H,23,26). The van der Waals surface area contributed by atoms with Crippen molar-refractivity contribution in [2.75, 3.05) is 44.7 Å². The largest absolute Gasteiger partial charge is 0.440 e. The van der Waals surface area contributed by atoms with Crippen LogP contribution < -0.4 is 10.2 Å². The van der Waals surface area contributed by atoms with Crippen LogP contribution in [0.5, 0.6) is 0 Å². The van der Waals surface area contributed by atoms with Crippen LogP contribution in [0.15, 0.2) is 30.3 Å². The zero-order chi connectivity index (χ0) is 20.6. The Labute approximate surface area is 162 Å². The number of halogens is 3. The van der Waals surface area contributed by atoms with Gasteiger partial charge in [0.2, 0.25) is 5.91 Å². The molecule has 2 amide bonds. The van der Waals surface area contributed by atoms with Gasteiger partial charge in [-0.25, -0.2) is 4.79 Å². The molecular formula is C19H26F3N3O3. The highest BCUT2D eigenvalue weighted by molar-refractivity contribution is 5.79. The van der Waals surface area contributed by atoms with Crippen LogP contribution in [-0.2, 0) is 9.53 Å². The highest BCUT2D eigenvalue weighted by Crippen LogP contribution is 2.20. The molecule has 156 valence electrons. The maximum absolute atomic E-state index is 12.2. The van der Waals surface area contributed by atoms with Crippen LogP contribution in [0.4, 0.5) is 23.7 Å². The highest BCUT2D eigenvalue weighted by atomic mass is 19.4. The number of likely N-dealkylation sites (tertiary alicyclic amines) is 1.